The molecule has 1 aromatic carbocycles. The second kappa shape index (κ2) is 7.83. The zero-order valence-electron chi connectivity index (χ0n) is 11.6. The Balaban J connectivity index is 2.65. The van der Waals surface area contributed by atoms with E-state index in [0.29, 0.717) is 19.1 Å². The van der Waals surface area contributed by atoms with Crippen molar-refractivity contribution in [1.29, 1.82) is 0 Å². The van der Waals surface area contributed by atoms with E-state index in [1.807, 2.05) is 0 Å². The second-order valence-corrected chi connectivity index (χ2v) is 5.76. The van der Waals surface area contributed by atoms with Gasteiger partial charge in [0.15, 0.2) is 5.96 Å². The maximum atomic E-state index is 11.9. The normalized spacial score (nSPS) is 12.4. The Morgan fingerprint density at radius 1 is 1.35 bits per heavy atom. The first kappa shape index (κ1) is 16.4. The Morgan fingerprint density at radius 2 is 2.00 bits per heavy atom. The lowest BCUT2D eigenvalue weighted by molar-refractivity contribution is 0.204. The van der Waals surface area contributed by atoms with Crippen molar-refractivity contribution in [1.82, 2.24) is 10.0 Å². The topological polar surface area (TPSA) is 106 Å². The van der Waals surface area contributed by atoms with Crippen molar-refractivity contribution in [2.75, 3.05) is 27.3 Å². The quantitative estimate of drug-likeness (QED) is 0.362. The molecule has 0 aromatic heterocycles. The molecule has 8 heteroatoms. The highest BCUT2D eigenvalue weighted by Crippen LogP contribution is 2.10. The Kier molecular flexibility index (Phi) is 6.43. The maximum Gasteiger partial charge on any atom is 0.240 e. The average Bonchev–Trinajstić information content (AvgIpc) is 2.45. The lowest BCUT2D eigenvalue weighted by Crippen LogP contribution is -2.30. The van der Waals surface area contributed by atoms with Crippen LogP contribution in [-0.4, -0.2) is 41.7 Å². The van der Waals surface area contributed by atoms with Gasteiger partial charge in [-0.15, -0.1) is 0 Å². The van der Waals surface area contributed by atoms with Crippen LogP contribution in [0.25, 0.3) is 0 Å². The van der Waals surface area contributed by atoms with Gasteiger partial charge in [-0.1, -0.05) is 12.1 Å². The molecule has 0 spiro atoms. The smallest absolute Gasteiger partial charge is 0.240 e. The first-order valence-electron chi connectivity index (χ1n) is 6.03. The van der Waals surface area contributed by atoms with Gasteiger partial charge in [-0.2, -0.15) is 0 Å². The predicted octanol–water partition coefficient (Wildman–Crippen LogP) is -0.355. The highest BCUT2D eigenvalue weighted by atomic mass is 32.2. The van der Waals surface area contributed by atoms with Gasteiger partial charge in [-0.05, 0) is 17.7 Å². The second-order valence-electron chi connectivity index (χ2n) is 4.00. The van der Waals surface area contributed by atoms with Crippen LogP contribution in [0.5, 0.6) is 0 Å². The molecule has 20 heavy (non-hydrogen) atoms. The molecule has 4 N–H and O–H groups in total. The van der Waals surface area contributed by atoms with E-state index >= 15 is 0 Å². The maximum absolute atomic E-state index is 11.9. The van der Waals surface area contributed by atoms with E-state index in [-0.39, 0.29) is 11.4 Å². The van der Waals surface area contributed by atoms with Crippen LogP contribution in [0.4, 0.5) is 0 Å². The third-order valence-electron chi connectivity index (χ3n) is 2.55. The molecule has 0 fully saturated rings. The van der Waals surface area contributed by atoms with Gasteiger partial charge in [0.25, 0.3) is 0 Å². The fourth-order valence-corrected chi connectivity index (χ4v) is 2.43. The van der Waals surface area contributed by atoms with Gasteiger partial charge in [0.05, 0.1) is 11.5 Å². The highest BCUT2D eigenvalue weighted by Gasteiger charge is 2.12. The summed E-state index contributed by atoms with van der Waals surface area (Å²) in [6, 6.07) is 6.54. The monoisotopic (exact) mass is 300 g/mol. The molecular weight excluding hydrogens is 280 g/mol. The molecule has 0 radical (unpaired) electrons. The molecule has 112 valence electrons. The number of nitrogens with one attached hydrogen (secondary N) is 2. The number of nitrogens with two attached hydrogens (primary N) is 1. The van der Waals surface area contributed by atoms with Gasteiger partial charge in [-0.3, -0.25) is 4.99 Å². The lowest BCUT2D eigenvalue weighted by Gasteiger charge is -2.08. The third kappa shape index (κ3) is 5.16. The zero-order valence-corrected chi connectivity index (χ0v) is 12.4. The minimum absolute atomic E-state index is 0.217. The molecule has 7 nitrogen and oxygen atoms in total. The SMILES string of the molecule is CN=C(N)NCc1ccc(S(=O)(=O)NCCOC)cc1. The van der Waals surface area contributed by atoms with Crippen LogP contribution >= 0.6 is 0 Å². The minimum Gasteiger partial charge on any atom is -0.383 e. The third-order valence-corrected chi connectivity index (χ3v) is 4.02. The van der Waals surface area contributed by atoms with Crippen molar-refractivity contribution in [3.05, 3.63) is 29.8 Å². The lowest BCUT2D eigenvalue weighted by atomic mass is 10.2. The molecule has 0 aliphatic rings. The zero-order chi connectivity index (χ0) is 15.0. The Morgan fingerprint density at radius 3 is 2.55 bits per heavy atom. The fraction of sp³-hybridized carbons (Fsp3) is 0.417. The van der Waals surface area contributed by atoms with Crippen LogP contribution in [0.3, 0.4) is 0 Å². The van der Waals surface area contributed by atoms with E-state index in [4.69, 9.17) is 10.5 Å². The number of aliphatic imine (C=N–C) groups is 1. The summed E-state index contributed by atoms with van der Waals surface area (Å²) in [5.41, 5.74) is 6.42. The van der Waals surface area contributed by atoms with Crippen molar-refractivity contribution >= 4 is 16.0 Å². The summed E-state index contributed by atoms with van der Waals surface area (Å²) in [7, 11) is -0.382. The van der Waals surface area contributed by atoms with Crippen molar-refractivity contribution in [3.63, 3.8) is 0 Å². The average molecular weight is 300 g/mol. The summed E-state index contributed by atoms with van der Waals surface area (Å²) in [5.74, 6) is 0.336. The van der Waals surface area contributed by atoms with Crippen LogP contribution in [0.1, 0.15) is 5.56 Å². The van der Waals surface area contributed by atoms with E-state index in [9.17, 15) is 8.42 Å². The molecule has 0 heterocycles. The largest absolute Gasteiger partial charge is 0.383 e. The molecular formula is C12H20N4O3S. The van der Waals surface area contributed by atoms with Crippen LogP contribution in [0.15, 0.2) is 34.2 Å². The van der Waals surface area contributed by atoms with Crippen LogP contribution < -0.4 is 15.8 Å². The van der Waals surface area contributed by atoms with E-state index in [1.54, 1.807) is 31.3 Å². The number of ether oxygens (including phenoxy) is 1. The fourth-order valence-electron chi connectivity index (χ4n) is 1.42. The van der Waals surface area contributed by atoms with Crippen molar-refractivity contribution < 1.29 is 13.2 Å². The summed E-state index contributed by atoms with van der Waals surface area (Å²) >= 11 is 0. The molecule has 0 aliphatic heterocycles. The van der Waals surface area contributed by atoms with E-state index in [1.165, 1.54) is 7.11 Å². The highest BCUT2D eigenvalue weighted by molar-refractivity contribution is 7.89. The van der Waals surface area contributed by atoms with Crippen LogP contribution in [0, 0.1) is 0 Å². The van der Waals surface area contributed by atoms with Crippen molar-refractivity contribution in [2.45, 2.75) is 11.4 Å². The summed E-state index contributed by atoms with van der Waals surface area (Å²) < 4.78 is 31.1. The molecule has 0 saturated carbocycles. The Labute approximate surface area is 119 Å². The molecule has 0 atom stereocenters. The van der Waals surface area contributed by atoms with Crippen LogP contribution in [0.2, 0.25) is 0 Å². The van der Waals surface area contributed by atoms with E-state index < -0.39 is 10.0 Å². The summed E-state index contributed by atoms with van der Waals surface area (Å²) in [5, 5.41) is 2.89. The van der Waals surface area contributed by atoms with Crippen molar-refractivity contribution in [3.8, 4) is 0 Å². The number of rotatable bonds is 7. The van der Waals surface area contributed by atoms with Gasteiger partial charge < -0.3 is 15.8 Å². The number of nitrogens with zero attached hydrogens (tertiary/aromatic N) is 1. The van der Waals surface area contributed by atoms with Crippen LogP contribution in [-0.2, 0) is 21.3 Å². The van der Waals surface area contributed by atoms with E-state index in [2.05, 4.69) is 15.0 Å². The van der Waals surface area contributed by atoms with Gasteiger partial charge in [0.1, 0.15) is 0 Å². The van der Waals surface area contributed by atoms with Gasteiger partial charge in [0.2, 0.25) is 10.0 Å². The number of hydrogen-bond donors (Lipinski definition) is 3. The molecule has 0 saturated heterocycles. The standard InChI is InChI=1S/C12H20N4O3S/c1-14-12(13)15-9-10-3-5-11(6-4-10)20(17,18)16-7-8-19-2/h3-6,16H,7-9H2,1-2H3,(H3,13,14,15). The Bertz CT molecular complexity index is 540. The van der Waals surface area contributed by atoms with Gasteiger partial charge in [-0.25, -0.2) is 13.1 Å². The molecule has 1 aromatic rings. The first-order chi connectivity index (χ1) is 9.49. The summed E-state index contributed by atoms with van der Waals surface area (Å²) in [6.45, 7) is 1.06. The Hall–Kier alpha value is -1.64. The number of sulfonamides is 1. The van der Waals surface area contributed by atoms with Gasteiger partial charge >= 0.3 is 0 Å². The van der Waals surface area contributed by atoms with E-state index in [0.717, 1.165) is 5.56 Å². The number of guanidine groups is 1. The molecule has 0 amide bonds. The number of hydrogen-bond acceptors (Lipinski definition) is 4. The molecule has 0 aliphatic carbocycles. The molecule has 0 bridgehead atoms. The minimum atomic E-state index is -3.48. The molecule has 0 unspecified atom stereocenters. The summed E-state index contributed by atoms with van der Waals surface area (Å²) in [4.78, 5) is 3.98. The van der Waals surface area contributed by atoms with Crippen molar-refractivity contribution in [2.24, 2.45) is 10.7 Å². The first-order valence-corrected chi connectivity index (χ1v) is 7.51. The summed E-state index contributed by atoms with van der Waals surface area (Å²) in [6.07, 6.45) is 0. The number of methoxy groups -OCH3 is 1. The number of benzene rings is 1. The van der Waals surface area contributed by atoms with Gasteiger partial charge in [0, 0.05) is 27.2 Å². The predicted molar refractivity (Wildman–Crippen MR) is 77.9 cm³/mol. The molecule has 1 rings (SSSR count).